The fourth-order valence-corrected chi connectivity index (χ4v) is 2.84. The van der Waals surface area contributed by atoms with Crippen LogP contribution in [0.4, 0.5) is 0 Å². The first-order valence-electron chi connectivity index (χ1n) is 8.50. The van der Waals surface area contributed by atoms with Crippen LogP contribution in [0.3, 0.4) is 0 Å². The lowest BCUT2D eigenvalue weighted by molar-refractivity contribution is -0.686. The zero-order chi connectivity index (χ0) is 18.2. The summed E-state index contributed by atoms with van der Waals surface area (Å²) in [5, 5.41) is 2.95. The lowest BCUT2D eigenvalue weighted by Crippen LogP contribution is -2.80. The summed E-state index contributed by atoms with van der Waals surface area (Å²) in [5.41, 5.74) is 3.39. The zero-order valence-electron chi connectivity index (χ0n) is 14.7. The van der Waals surface area contributed by atoms with E-state index in [0.717, 1.165) is 24.4 Å². The molecule has 1 heterocycles. The van der Waals surface area contributed by atoms with Crippen molar-refractivity contribution in [2.24, 2.45) is 0 Å². The Bertz CT molecular complexity index is 840. The average Bonchev–Trinajstić information content (AvgIpc) is 2.68. The van der Waals surface area contributed by atoms with Crippen molar-refractivity contribution in [2.75, 3.05) is 7.11 Å². The van der Waals surface area contributed by atoms with Gasteiger partial charge in [0.15, 0.2) is 11.5 Å². The Morgan fingerprint density at radius 2 is 1.69 bits per heavy atom. The van der Waals surface area contributed by atoms with Crippen LogP contribution < -0.4 is 14.8 Å². The molecule has 2 N–H and O–H groups in total. The van der Waals surface area contributed by atoms with Gasteiger partial charge in [0, 0.05) is 34.1 Å². The predicted octanol–water partition coefficient (Wildman–Crippen LogP) is 3.59. The lowest BCUT2D eigenvalue weighted by Gasteiger charge is -2.12. The molecule has 5 heteroatoms. The summed E-state index contributed by atoms with van der Waals surface area (Å²) in [7, 11) is 1.65. The van der Waals surface area contributed by atoms with Crippen LogP contribution in [0.15, 0.2) is 67.0 Å². The van der Waals surface area contributed by atoms with Crippen LogP contribution in [0.25, 0.3) is 0 Å². The summed E-state index contributed by atoms with van der Waals surface area (Å²) < 4.78 is 11.4. The highest BCUT2D eigenvalue weighted by Crippen LogP contribution is 2.29. The van der Waals surface area contributed by atoms with Crippen LogP contribution in [0.1, 0.15) is 16.7 Å². The molecule has 0 radical (unpaired) electrons. The van der Waals surface area contributed by atoms with Crippen molar-refractivity contribution >= 4 is 11.6 Å². The summed E-state index contributed by atoms with van der Waals surface area (Å²) in [6.45, 7) is 2.18. The van der Waals surface area contributed by atoms with Gasteiger partial charge in [-0.2, -0.15) is 0 Å². The van der Waals surface area contributed by atoms with E-state index >= 15 is 0 Å². The third-order valence-electron chi connectivity index (χ3n) is 4.08. The average molecular weight is 370 g/mol. The number of methoxy groups -OCH3 is 1. The van der Waals surface area contributed by atoms with E-state index in [-0.39, 0.29) is 0 Å². The number of nitrogens with zero attached hydrogens (tertiary/aromatic N) is 1. The van der Waals surface area contributed by atoms with Gasteiger partial charge in [-0.05, 0) is 36.4 Å². The van der Waals surface area contributed by atoms with Crippen LogP contribution in [-0.4, -0.2) is 12.1 Å². The molecular formula is C21H22ClN2O2+. The van der Waals surface area contributed by atoms with E-state index in [1.807, 2.05) is 60.9 Å². The second-order valence-electron chi connectivity index (χ2n) is 5.92. The maximum Gasteiger partial charge on any atom is 0.161 e. The molecule has 0 saturated carbocycles. The molecule has 0 saturated heterocycles. The molecule has 0 spiro atoms. The van der Waals surface area contributed by atoms with E-state index in [0.29, 0.717) is 17.4 Å². The standard InChI is InChI=1S/C21H21ClN2O2/c1-25-21-12-17(14-24-13-16-8-10-23-11-9-16)6-7-20(21)26-15-18-4-2-3-5-19(18)22/h2-12,24H,13-15H2,1H3/p+1. The van der Waals surface area contributed by atoms with Crippen LogP contribution in [0, 0.1) is 0 Å². The lowest BCUT2D eigenvalue weighted by atomic mass is 10.2. The maximum atomic E-state index is 6.18. The van der Waals surface area contributed by atoms with Gasteiger partial charge in [-0.1, -0.05) is 29.8 Å². The number of rotatable bonds is 8. The molecule has 0 bridgehead atoms. The summed E-state index contributed by atoms with van der Waals surface area (Å²) in [5.74, 6) is 1.44. The predicted molar refractivity (Wildman–Crippen MR) is 102 cm³/mol. The molecule has 4 nitrogen and oxygen atoms in total. The first kappa shape index (κ1) is 18.2. The molecule has 0 fully saturated rings. The quantitative estimate of drug-likeness (QED) is 0.660. The Labute approximate surface area is 158 Å². The van der Waals surface area contributed by atoms with Gasteiger partial charge in [-0.3, -0.25) is 4.98 Å². The third kappa shape index (κ3) is 4.97. The fourth-order valence-electron chi connectivity index (χ4n) is 2.65. The largest absolute Gasteiger partial charge is 0.493 e. The molecule has 2 aromatic carbocycles. The number of aromatic nitrogens is 1. The highest BCUT2D eigenvalue weighted by Gasteiger charge is 2.08. The van der Waals surface area contributed by atoms with E-state index in [1.165, 1.54) is 11.1 Å². The van der Waals surface area contributed by atoms with Gasteiger partial charge in [0.05, 0.1) is 7.11 Å². The number of pyridine rings is 1. The van der Waals surface area contributed by atoms with Crippen LogP contribution in [-0.2, 0) is 19.7 Å². The van der Waals surface area contributed by atoms with Gasteiger partial charge >= 0.3 is 0 Å². The van der Waals surface area contributed by atoms with Crippen molar-refractivity contribution < 1.29 is 14.8 Å². The van der Waals surface area contributed by atoms with Crippen molar-refractivity contribution in [1.82, 2.24) is 4.98 Å². The highest BCUT2D eigenvalue weighted by molar-refractivity contribution is 6.31. The molecule has 1 aromatic heterocycles. The second kappa shape index (κ2) is 9.22. The molecule has 0 aliphatic carbocycles. The van der Waals surface area contributed by atoms with E-state index in [4.69, 9.17) is 21.1 Å². The summed E-state index contributed by atoms with van der Waals surface area (Å²) in [6.07, 6.45) is 3.63. The second-order valence-corrected chi connectivity index (χ2v) is 6.32. The Kier molecular flexibility index (Phi) is 6.47. The summed E-state index contributed by atoms with van der Waals surface area (Å²) in [6, 6.07) is 17.8. The molecule has 3 aromatic rings. The van der Waals surface area contributed by atoms with Crippen molar-refractivity contribution in [3.8, 4) is 11.5 Å². The Morgan fingerprint density at radius 1 is 0.923 bits per heavy atom. The number of ether oxygens (including phenoxy) is 2. The molecule has 0 atom stereocenters. The van der Waals surface area contributed by atoms with E-state index in [9.17, 15) is 0 Å². The number of nitrogens with two attached hydrogens (primary N) is 1. The van der Waals surface area contributed by atoms with Gasteiger partial charge < -0.3 is 14.8 Å². The minimum Gasteiger partial charge on any atom is -0.493 e. The number of quaternary nitrogens is 1. The Hall–Kier alpha value is -2.56. The van der Waals surface area contributed by atoms with E-state index in [1.54, 1.807) is 7.11 Å². The number of hydrogen-bond donors (Lipinski definition) is 1. The van der Waals surface area contributed by atoms with Gasteiger partial charge in [0.1, 0.15) is 19.7 Å². The first-order chi connectivity index (χ1) is 12.8. The monoisotopic (exact) mass is 369 g/mol. The van der Waals surface area contributed by atoms with Gasteiger partial charge in [-0.15, -0.1) is 0 Å². The van der Waals surface area contributed by atoms with Crippen molar-refractivity contribution in [3.05, 3.63) is 88.7 Å². The van der Waals surface area contributed by atoms with Crippen molar-refractivity contribution in [2.45, 2.75) is 19.7 Å². The fraction of sp³-hybridized carbons (Fsp3) is 0.190. The summed E-state index contributed by atoms with van der Waals surface area (Å²) in [4.78, 5) is 4.04. The molecule has 3 rings (SSSR count). The van der Waals surface area contributed by atoms with E-state index < -0.39 is 0 Å². The first-order valence-corrected chi connectivity index (χ1v) is 8.88. The van der Waals surface area contributed by atoms with Gasteiger partial charge in [0.25, 0.3) is 0 Å². The minimum atomic E-state index is 0.406. The van der Waals surface area contributed by atoms with Crippen LogP contribution in [0.5, 0.6) is 11.5 Å². The number of hydrogen-bond acceptors (Lipinski definition) is 3. The third-order valence-corrected chi connectivity index (χ3v) is 4.45. The van der Waals surface area contributed by atoms with Crippen LogP contribution >= 0.6 is 11.6 Å². The Morgan fingerprint density at radius 3 is 2.46 bits per heavy atom. The van der Waals surface area contributed by atoms with Crippen LogP contribution in [0.2, 0.25) is 5.02 Å². The van der Waals surface area contributed by atoms with Crippen molar-refractivity contribution in [3.63, 3.8) is 0 Å². The van der Waals surface area contributed by atoms with E-state index in [2.05, 4.69) is 16.4 Å². The van der Waals surface area contributed by atoms with Gasteiger partial charge in [0.2, 0.25) is 0 Å². The molecule has 134 valence electrons. The molecule has 26 heavy (non-hydrogen) atoms. The molecule has 0 unspecified atom stereocenters. The van der Waals surface area contributed by atoms with Gasteiger partial charge in [-0.25, -0.2) is 0 Å². The number of benzene rings is 2. The molecular weight excluding hydrogens is 348 g/mol. The van der Waals surface area contributed by atoms with Crippen molar-refractivity contribution in [1.29, 1.82) is 0 Å². The SMILES string of the molecule is COc1cc(C[NH2+]Cc2ccncc2)ccc1OCc1ccccc1Cl. The molecule has 0 aliphatic rings. The molecule has 0 amide bonds. The Balaban J connectivity index is 1.59. The normalized spacial score (nSPS) is 10.5. The number of halogens is 1. The molecule has 0 aliphatic heterocycles. The zero-order valence-corrected chi connectivity index (χ0v) is 15.4. The topological polar surface area (TPSA) is 48.0 Å². The minimum absolute atomic E-state index is 0.406. The highest BCUT2D eigenvalue weighted by atomic mass is 35.5. The smallest absolute Gasteiger partial charge is 0.161 e. The maximum absolute atomic E-state index is 6.18. The summed E-state index contributed by atoms with van der Waals surface area (Å²) >= 11 is 6.18.